The number of hydrogen-bond acceptors (Lipinski definition) is 5. The molecule has 0 bridgehead atoms. The lowest BCUT2D eigenvalue weighted by Crippen LogP contribution is -2.38. The highest BCUT2D eigenvalue weighted by Gasteiger charge is 2.23. The van der Waals surface area contributed by atoms with Crippen molar-refractivity contribution in [2.75, 3.05) is 31.7 Å². The number of pyridine rings is 1. The molecule has 126 valence electrons. The van der Waals surface area contributed by atoms with Crippen LogP contribution in [0.5, 0.6) is 0 Å². The number of morpholine rings is 1. The number of aromatic nitrogens is 1. The van der Waals surface area contributed by atoms with Gasteiger partial charge in [0, 0.05) is 19.3 Å². The van der Waals surface area contributed by atoms with E-state index in [9.17, 15) is 4.79 Å². The first kappa shape index (κ1) is 17.0. The van der Waals surface area contributed by atoms with Crippen molar-refractivity contribution in [2.45, 2.75) is 6.10 Å². The summed E-state index contributed by atoms with van der Waals surface area (Å²) >= 11 is 12.1. The first-order chi connectivity index (χ1) is 11.6. The number of rotatable bonds is 3. The Kier molecular flexibility index (Phi) is 5.23. The van der Waals surface area contributed by atoms with Crippen LogP contribution >= 0.6 is 23.2 Å². The minimum atomic E-state index is -0.398. The number of methoxy groups -OCH3 is 1. The van der Waals surface area contributed by atoms with Crippen molar-refractivity contribution in [3.05, 3.63) is 57.7 Å². The molecule has 0 N–H and O–H groups in total. The van der Waals surface area contributed by atoms with Crippen molar-refractivity contribution >= 4 is 35.0 Å². The predicted molar refractivity (Wildman–Crippen MR) is 92.9 cm³/mol. The Bertz CT molecular complexity index is 737. The molecule has 1 fully saturated rings. The Morgan fingerprint density at radius 3 is 2.79 bits per heavy atom. The third kappa shape index (κ3) is 3.64. The maximum absolute atomic E-state index is 11.5. The third-order valence-corrected chi connectivity index (χ3v) is 4.61. The van der Waals surface area contributed by atoms with Crippen LogP contribution in [0.3, 0.4) is 0 Å². The molecule has 7 heteroatoms. The zero-order valence-electron chi connectivity index (χ0n) is 13.0. The van der Waals surface area contributed by atoms with Gasteiger partial charge in [-0.1, -0.05) is 29.3 Å². The summed E-state index contributed by atoms with van der Waals surface area (Å²) in [7, 11) is 1.35. The smallest absolute Gasteiger partial charge is 0.339 e. The first-order valence-electron chi connectivity index (χ1n) is 7.44. The van der Waals surface area contributed by atoms with E-state index < -0.39 is 5.97 Å². The second-order valence-corrected chi connectivity index (χ2v) is 6.19. The van der Waals surface area contributed by atoms with Gasteiger partial charge in [-0.2, -0.15) is 0 Å². The molecule has 5 nitrogen and oxygen atoms in total. The van der Waals surface area contributed by atoms with Crippen LogP contribution < -0.4 is 4.90 Å². The van der Waals surface area contributed by atoms with Crippen LogP contribution in [0.1, 0.15) is 22.0 Å². The summed E-state index contributed by atoms with van der Waals surface area (Å²) in [6.45, 7) is 1.94. The number of ether oxygens (including phenoxy) is 2. The summed E-state index contributed by atoms with van der Waals surface area (Å²) in [6.07, 6.45) is 1.40. The van der Waals surface area contributed by atoms with Crippen molar-refractivity contribution in [1.29, 1.82) is 0 Å². The van der Waals surface area contributed by atoms with Gasteiger partial charge in [-0.05, 0) is 29.8 Å². The number of nitrogens with zero attached hydrogens (tertiary/aromatic N) is 2. The lowest BCUT2D eigenvalue weighted by Gasteiger charge is -2.34. The summed E-state index contributed by atoms with van der Waals surface area (Å²) in [5, 5.41) is 1.03. The molecule has 24 heavy (non-hydrogen) atoms. The van der Waals surface area contributed by atoms with Gasteiger partial charge in [-0.15, -0.1) is 0 Å². The molecule has 1 aliphatic heterocycles. The molecule has 3 rings (SSSR count). The third-order valence-electron chi connectivity index (χ3n) is 3.87. The molecular formula is C17H16Cl2N2O3. The molecule has 1 atom stereocenters. The number of anilines is 1. The van der Waals surface area contributed by atoms with Crippen molar-refractivity contribution in [2.24, 2.45) is 0 Å². The summed E-state index contributed by atoms with van der Waals surface area (Å²) in [6, 6.07) is 9.02. The quantitative estimate of drug-likeness (QED) is 0.774. The van der Waals surface area contributed by atoms with Gasteiger partial charge in [0.25, 0.3) is 0 Å². The minimum absolute atomic E-state index is 0.115. The van der Waals surface area contributed by atoms with Crippen LogP contribution in [-0.2, 0) is 9.47 Å². The second-order valence-electron chi connectivity index (χ2n) is 5.38. The topological polar surface area (TPSA) is 51.7 Å². The Morgan fingerprint density at radius 2 is 2.12 bits per heavy atom. The van der Waals surface area contributed by atoms with Crippen LogP contribution in [0, 0.1) is 0 Å². The van der Waals surface area contributed by atoms with E-state index in [1.54, 1.807) is 12.1 Å². The Balaban J connectivity index is 1.75. The highest BCUT2D eigenvalue weighted by molar-refractivity contribution is 6.42. The molecule has 0 aliphatic carbocycles. The van der Waals surface area contributed by atoms with Crippen LogP contribution in [0.4, 0.5) is 5.82 Å². The number of carbonyl (C=O) groups is 1. The van der Waals surface area contributed by atoms with Crippen LogP contribution in [0.25, 0.3) is 0 Å². The average Bonchev–Trinajstić information content (AvgIpc) is 2.63. The van der Waals surface area contributed by atoms with E-state index >= 15 is 0 Å². The molecule has 1 aliphatic rings. The Morgan fingerprint density at radius 1 is 1.29 bits per heavy atom. The fraction of sp³-hybridized carbons (Fsp3) is 0.294. The normalized spacial score (nSPS) is 17.6. The van der Waals surface area contributed by atoms with Crippen LogP contribution in [0.15, 0.2) is 36.5 Å². The van der Waals surface area contributed by atoms with Crippen LogP contribution in [-0.4, -0.2) is 37.8 Å². The van der Waals surface area contributed by atoms with Gasteiger partial charge in [-0.25, -0.2) is 9.78 Å². The molecule has 1 aromatic carbocycles. The number of esters is 1. The molecular weight excluding hydrogens is 351 g/mol. The van der Waals surface area contributed by atoms with Gasteiger partial charge in [-0.3, -0.25) is 0 Å². The Labute approximate surface area is 150 Å². The monoisotopic (exact) mass is 366 g/mol. The van der Waals surface area contributed by atoms with E-state index in [-0.39, 0.29) is 6.10 Å². The SMILES string of the molecule is COC(=O)c1ccc(N2CCO[C@@H](c3ccc(Cl)c(Cl)c3)C2)nc1. The number of benzene rings is 1. The van der Waals surface area contributed by atoms with Gasteiger partial charge >= 0.3 is 5.97 Å². The minimum Gasteiger partial charge on any atom is -0.465 e. The van der Waals surface area contributed by atoms with Gasteiger partial charge in [0.05, 0.1) is 29.3 Å². The van der Waals surface area contributed by atoms with E-state index in [1.165, 1.54) is 13.3 Å². The second kappa shape index (κ2) is 7.38. The molecule has 0 unspecified atom stereocenters. The zero-order chi connectivity index (χ0) is 17.1. The van der Waals surface area contributed by atoms with E-state index in [4.69, 9.17) is 27.9 Å². The summed E-state index contributed by atoms with van der Waals surface area (Å²) in [5.41, 5.74) is 1.40. The molecule has 2 heterocycles. The lowest BCUT2D eigenvalue weighted by molar-refractivity contribution is 0.0395. The van der Waals surface area contributed by atoms with Crippen LogP contribution in [0.2, 0.25) is 10.0 Å². The molecule has 0 radical (unpaired) electrons. The first-order valence-corrected chi connectivity index (χ1v) is 8.20. The summed E-state index contributed by atoms with van der Waals surface area (Å²) in [4.78, 5) is 17.9. The zero-order valence-corrected chi connectivity index (χ0v) is 14.5. The Hall–Kier alpha value is -1.82. The maximum Gasteiger partial charge on any atom is 0.339 e. The summed E-state index contributed by atoms with van der Waals surface area (Å²) in [5.74, 6) is 0.390. The number of carbonyl (C=O) groups excluding carboxylic acids is 1. The molecule has 1 saturated heterocycles. The fourth-order valence-electron chi connectivity index (χ4n) is 2.58. The average molecular weight is 367 g/mol. The molecule has 2 aromatic rings. The molecule has 0 spiro atoms. The van der Waals surface area contributed by atoms with Gasteiger partial charge < -0.3 is 14.4 Å². The van der Waals surface area contributed by atoms with Crippen molar-refractivity contribution in [1.82, 2.24) is 4.98 Å². The van der Waals surface area contributed by atoms with E-state index in [1.807, 2.05) is 18.2 Å². The highest BCUT2D eigenvalue weighted by atomic mass is 35.5. The number of halogens is 2. The van der Waals surface area contributed by atoms with Crippen molar-refractivity contribution in [3.63, 3.8) is 0 Å². The predicted octanol–water partition coefficient (Wildman–Crippen LogP) is 3.75. The summed E-state index contributed by atoms with van der Waals surface area (Å²) < 4.78 is 10.5. The van der Waals surface area contributed by atoms with E-state index in [0.29, 0.717) is 28.8 Å². The van der Waals surface area contributed by atoms with Gasteiger partial charge in [0.15, 0.2) is 0 Å². The maximum atomic E-state index is 11.5. The highest BCUT2D eigenvalue weighted by Crippen LogP contribution is 2.30. The van der Waals surface area contributed by atoms with Crippen molar-refractivity contribution in [3.8, 4) is 0 Å². The largest absolute Gasteiger partial charge is 0.465 e. The van der Waals surface area contributed by atoms with Crippen molar-refractivity contribution < 1.29 is 14.3 Å². The fourth-order valence-corrected chi connectivity index (χ4v) is 2.89. The molecule has 1 aromatic heterocycles. The number of hydrogen-bond donors (Lipinski definition) is 0. The standard InChI is InChI=1S/C17H16Cl2N2O3/c1-23-17(22)12-3-5-16(20-9-12)21-6-7-24-15(10-21)11-2-4-13(18)14(19)8-11/h2-5,8-9,15H,6-7,10H2,1H3/t15-/m1/s1. The lowest BCUT2D eigenvalue weighted by atomic mass is 10.1. The van der Waals surface area contributed by atoms with E-state index in [2.05, 4.69) is 14.6 Å². The van der Waals surface area contributed by atoms with E-state index in [0.717, 1.165) is 17.9 Å². The molecule has 0 amide bonds. The molecule has 0 saturated carbocycles. The van der Waals surface area contributed by atoms with Gasteiger partial charge in [0.2, 0.25) is 0 Å². The van der Waals surface area contributed by atoms with Gasteiger partial charge in [0.1, 0.15) is 11.9 Å².